The number of halogens is 4. The Bertz CT molecular complexity index is 451. The Balaban J connectivity index is 2.45. The number of hydrogen-bond acceptors (Lipinski definition) is 4. The van der Waals surface area contributed by atoms with Crippen molar-refractivity contribution < 1.29 is 31.8 Å². The Hall–Kier alpha value is -1.99. The number of carbonyl (C=O) groups excluding carboxylic acids is 1. The van der Waals surface area contributed by atoms with Gasteiger partial charge >= 0.3 is 18.3 Å². The molecule has 1 aromatic rings. The van der Waals surface area contributed by atoms with Crippen LogP contribution in [0.3, 0.4) is 0 Å². The monoisotopic (exact) mass is 309 g/mol. The molecule has 0 bridgehead atoms. The van der Waals surface area contributed by atoms with Crippen molar-refractivity contribution in [3.05, 3.63) is 24.3 Å². The fourth-order valence-electron chi connectivity index (χ4n) is 1.30. The molecule has 0 amide bonds. The van der Waals surface area contributed by atoms with Gasteiger partial charge in [0.2, 0.25) is 0 Å². The first kappa shape index (κ1) is 17.1. The van der Waals surface area contributed by atoms with Crippen LogP contribution in [-0.4, -0.2) is 38.1 Å². The van der Waals surface area contributed by atoms with E-state index >= 15 is 0 Å². The van der Waals surface area contributed by atoms with Crippen molar-refractivity contribution in [2.75, 3.05) is 25.1 Å². The largest absolute Gasteiger partial charge is 0.487 e. The first-order chi connectivity index (χ1) is 9.85. The molecule has 0 saturated carbocycles. The second-order valence-corrected chi connectivity index (χ2v) is 4.03. The van der Waals surface area contributed by atoms with Crippen molar-refractivity contribution in [2.24, 2.45) is 0 Å². The molecule has 0 unspecified atom stereocenters. The molecule has 21 heavy (non-hydrogen) atoms. The molecule has 0 saturated heterocycles. The molecule has 0 aliphatic rings. The number of nitrogens with one attached hydrogen (secondary N) is 1. The summed E-state index contributed by atoms with van der Waals surface area (Å²) >= 11 is 0. The summed E-state index contributed by atoms with van der Waals surface area (Å²) in [5.41, 5.74) is 0.538. The second kappa shape index (κ2) is 7.70. The number of carbonyl (C=O) groups is 1. The molecule has 0 aliphatic carbocycles. The van der Waals surface area contributed by atoms with E-state index in [1.54, 1.807) is 6.92 Å². The molecule has 0 fully saturated rings. The van der Waals surface area contributed by atoms with Crippen LogP contribution in [0.2, 0.25) is 0 Å². The second-order valence-electron chi connectivity index (χ2n) is 4.03. The lowest BCUT2D eigenvalue weighted by molar-refractivity contribution is -0.148. The molecule has 1 N–H and O–H groups in total. The van der Waals surface area contributed by atoms with E-state index < -0.39 is 24.9 Å². The molecular weight excluding hydrogens is 294 g/mol. The van der Waals surface area contributed by atoms with Crippen molar-refractivity contribution in [3.63, 3.8) is 0 Å². The summed E-state index contributed by atoms with van der Waals surface area (Å²) in [5.74, 6) is -4.60. The molecule has 4 nitrogen and oxygen atoms in total. The van der Waals surface area contributed by atoms with Gasteiger partial charge in [-0.1, -0.05) is 0 Å². The molecule has 0 aromatic heterocycles. The van der Waals surface area contributed by atoms with Crippen LogP contribution < -0.4 is 10.1 Å². The first-order valence-corrected chi connectivity index (χ1v) is 6.13. The first-order valence-electron chi connectivity index (χ1n) is 6.13. The topological polar surface area (TPSA) is 47.6 Å². The number of alkyl halides is 4. The third kappa shape index (κ3) is 5.88. The summed E-state index contributed by atoms with van der Waals surface area (Å²) < 4.78 is 58.5. The molecule has 0 atom stereocenters. The van der Waals surface area contributed by atoms with Gasteiger partial charge in [0.1, 0.15) is 12.3 Å². The molecule has 8 heteroatoms. The van der Waals surface area contributed by atoms with Gasteiger partial charge in [0.15, 0.2) is 6.61 Å². The standard InChI is InChI=1S/C13H15F4NO3/c1-2-20-11(19)7-18-9-3-5-10(6-4-9)21-8-13(16,17)12(14)15/h3-6,12,18H,2,7-8H2,1H3. The number of ether oxygens (including phenoxy) is 2. The average molecular weight is 309 g/mol. The quantitative estimate of drug-likeness (QED) is 0.592. The zero-order chi connectivity index (χ0) is 15.9. The van der Waals surface area contributed by atoms with Gasteiger partial charge in [-0.25, -0.2) is 8.78 Å². The summed E-state index contributed by atoms with van der Waals surface area (Å²) in [4.78, 5) is 11.1. The smallest absolute Gasteiger partial charge is 0.340 e. The van der Waals surface area contributed by atoms with E-state index in [-0.39, 0.29) is 18.9 Å². The number of rotatable bonds is 8. The maximum atomic E-state index is 12.7. The highest BCUT2D eigenvalue weighted by atomic mass is 19.3. The molecule has 0 radical (unpaired) electrons. The minimum Gasteiger partial charge on any atom is -0.487 e. The van der Waals surface area contributed by atoms with Gasteiger partial charge < -0.3 is 14.8 Å². The molecule has 0 spiro atoms. The van der Waals surface area contributed by atoms with E-state index in [9.17, 15) is 22.4 Å². The van der Waals surface area contributed by atoms with Crippen LogP contribution >= 0.6 is 0 Å². The van der Waals surface area contributed by atoms with Crippen LogP contribution in [0.15, 0.2) is 24.3 Å². The predicted molar refractivity (Wildman–Crippen MR) is 68.0 cm³/mol. The van der Waals surface area contributed by atoms with E-state index in [0.29, 0.717) is 5.69 Å². The van der Waals surface area contributed by atoms with Crippen LogP contribution in [0.4, 0.5) is 23.2 Å². The van der Waals surface area contributed by atoms with Crippen LogP contribution in [0.1, 0.15) is 6.92 Å². The minimum absolute atomic E-state index is 0.0250. The van der Waals surface area contributed by atoms with E-state index in [1.165, 1.54) is 24.3 Å². The molecular formula is C13H15F4NO3. The predicted octanol–water partition coefficient (Wildman–Crippen LogP) is 2.94. The van der Waals surface area contributed by atoms with E-state index in [2.05, 4.69) is 10.1 Å². The Morgan fingerprint density at radius 2 is 1.90 bits per heavy atom. The number of anilines is 1. The van der Waals surface area contributed by atoms with Crippen LogP contribution in [0.5, 0.6) is 5.75 Å². The van der Waals surface area contributed by atoms with Crippen LogP contribution in [0.25, 0.3) is 0 Å². The Labute approximate surface area is 119 Å². The summed E-state index contributed by atoms with van der Waals surface area (Å²) in [5, 5.41) is 2.75. The van der Waals surface area contributed by atoms with Crippen molar-refractivity contribution in [2.45, 2.75) is 19.3 Å². The fraction of sp³-hybridized carbons (Fsp3) is 0.462. The van der Waals surface area contributed by atoms with Crippen molar-refractivity contribution in [1.29, 1.82) is 0 Å². The molecule has 118 valence electrons. The van der Waals surface area contributed by atoms with E-state index in [1.807, 2.05) is 0 Å². The molecule has 0 aliphatic heterocycles. The van der Waals surface area contributed by atoms with Gasteiger partial charge in [-0.2, -0.15) is 8.78 Å². The van der Waals surface area contributed by atoms with Gasteiger partial charge in [-0.05, 0) is 31.2 Å². The Morgan fingerprint density at radius 1 is 1.29 bits per heavy atom. The molecule has 1 aromatic carbocycles. The van der Waals surface area contributed by atoms with Gasteiger partial charge in [0.25, 0.3) is 0 Å². The van der Waals surface area contributed by atoms with Gasteiger partial charge in [0, 0.05) is 5.69 Å². The normalized spacial score (nSPS) is 11.3. The zero-order valence-corrected chi connectivity index (χ0v) is 11.2. The summed E-state index contributed by atoms with van der Waals surface area (Å²) in [6, 6.07) is 5.59. The number of benzene rings is 1. The SMILES string of the molecule is CCOC(=O)CNc1ccc(OCC(F)(F)C(F)F)cc1. The third-order valence-electron chi connectivity index (χ3n) is 2.35. The van der Waals surface area contributed by atoms with E-state index in [0.717, 1.165) is 0 Å². The number of esters is 1. The highest BCUT2D eigenvalue weighted by Gasteiger charge is 2.41. The average Bonchev–Trinajstić information content (AvgIpc) is 2.44. The molecule has 1 rings (SSSR count). The summed E-state index contributed by atoms with van der Waals surface area (Å²) in [7, 11) is 0. The zero-order valence-electron chi connectivity index (χ0n) is 11.2. The lowest BCUT2D eigenvalue weighted by atomic mass is 10.3. The lowest BCUT2D eigenvalue weighted by Gasteiger charge is -2.16. The van der Waals surface area contributed by atoms with Crippen molar-refractivity contribution >= 4 is 11.7 Å². The van der Waals surface area contributed by atoms with Gasteiger partial charge in [-0.15, -0.1) is 0 Å². The molecule has 0 heterocycles. The third-order valence-corrected chi connectivity index (χ3v) is 2.35. The maximum absolute atomic E-state index is 12.7. The van der Waals surface area contributed by atoms with Crippen LogP contribution in [0, 0.1) is 0 Å². The summed E-state index contributed by atoms with van der Waals surface area (Å²) in [6.07, 6.45) is -3.77. The van der Waals surface area contributed by atoms with Gasteiger partial charge in [0.05, 0.1) is 6.61 Å². The fourth-order valence-corrected chi connectivity index (χ4v) is 1.30. The van der Waals surface area contributed by atoms with Crippen LogP contribution in [-0.2, 0) is 9.53 Å². The lowest BCUT2D eigenvalue weighted by Crippen LogP contribution is -2.33. The Morgan fingerprint density at radius 3 is 2.43 bits per heavy atom. The highest BCUT2D eigenvalue weighted by Crippen LogP contribution is 2.24. The summed E-state index contributed by atoms with van der Waals surface area (Å²) in [6.45, 7) is 0.503. The number of hydrogen-bond donors (Lipinski definition) is 1. The minimum atomic E-state index is -4.19. The Kier molecular flexibility index (Phi) is 6.26. The van der Waals surface area contributed by atoms with Crippen molar-refractivity contribution in [1.82, 2.24) is 0 Å². The van der Waals surface area contributed by atoms with Crippen molar-refractivity contribution in [3.8, 4) is 5.75 Å². The maximum Gasteiger partial charge on any atom is 0.340 e. The highest BCUT2D eigenvalue weighted by molar-refractivity contribution is 5.74. The van der Waals surface area contributed by atoms with Gasteiger partial charge in [-0.3, -0.25) is 4.79 Å². The van der Waals surface area contributed by atoms with E-state index in [4.69, 9.17) is 4.74 Å².